The molecule has 3 heterocycles. The lowest BCUT2D eigenvalue weighted by Crippen LogP contribution is -2.42. The lowest BCUT2D eigenvalue weighted by molar-refractivity contribution is 0.423. The number of halogens is 3. The normalized spacial score (nSPS) is 25.3. The van der Waals surface area contributed by atoms with Crippen molar-refractivity contribution in [1.29, 1.82) is 0 Å². The minimum atomic E-state index is -3.97. The van der Waals surface area contributed by atoms with Crippen LogP contribution in [0.25, 0.3) is 11.1 Å². The van der Waals surface area contributed by atoms with E-state index in [4.69, 9.17) is 0 Å². The zero-order chi connectivity index (χ0) is 23.3. The van der Waals surface area contributed by atoms with Crippen molar-refractivity contribution in [3.63, 3.8) is 0 Å². The molecule has 6 N–H and O–H groups in total. The van der Waals surface area contributed by atoms with Gasteiger partial charge in [-0.2, -0.15) is 0 Å². The van der Waals surface area contributed by atoms with Gasteiger partial charge in [0.1, 0.15) is 10.4 Å². The van der Waals surface area contributed by atoms with Gasteiger partial charge in [0.15, 0.2) is 11.6 Å². The highest BCUT2D eigenvalue weighted by Gasteiger charge is 2.37. The Hall–Kier alpha value is -2.03. The molecule has 3 atom stereocenters. The molecule has 0 amide bonds. The van der Waals surface area contributed by atoms with Gasteiger partial charge >= 0.3 is 0 Å². The summed E-state index contributed by atoms with van der Waals surface area (Å²) in [5.41, 5.74) is 5.09. The Bertz CT molecular complexity index is 1190. The zero-order valence-corrected chi connectivity index (χ0v) is 19.1. The van der Waals surface area contributed by atoms with Crippen LogP contribution in [0.4, 0.5) is 24.5 Å². The Morgan fingerprint density at radius 3 is 2.48 bits per heavy atom. The zero-order valence-electron chi connectivity index (χ0n) is 17.5. The van der Waals surface area contributed by atoms with Crippen LogP contribution >= 0.6 is 11.8 Å². The molecule has 0 saturated carbocycles. The summed E-state index contributed by atoms with van der Waals surface area (Å²) in [5.74, 6) is -2.57. The van der Waals surface area contributed by atoms with Crippen LogP contribution < -0.4 is 31.5 Å². The number of rotatable bonds is 5. The Morgan fingerprint density at radius 1 is 1.03 bits per heavy atom. The van der Waals surface area contributed by atoms with Gasteiger partial charge in [-0.15, -0.1) is 11.8 Å². The third kappa shape index (κ3) is 3.96. The van der Waals surface area contributed by atoms with Crippen molar-refractivity contribution in [1.82, 2.24) is 21.4 Å². The second kappa shape index (κ2) is 8.64. The van der Waals surface area contributed by atoms with Crippen molar-refractivity contribution in [2.24, 2.45) is 0 Å². The summed E-state index contributed by atoms with van der Waals surface area (Å²) in [7, 11) is -3.97. The molecule has 2 aromatic carbocycles. The highest BCUT2D eigenvalue weighted by Crippen LogP contribution is 2.40. The SMILES string of the molecule is CC1NCSC1S(=O)(=O)Nc1ccc(F)c(-c2ccc3c(c2F)NNC3C2NCCN2)c1F. The van der Waals surface area contributed by atoms with E-state index >= 15 is 8.78 Å². The van der Waals surface area contributed by atoms with Crippen LogP contribution in [0.1, 0.15) is 18.5 Å². The Labute approximate surface area is 193 Å². The molecule has 3 aliphatic rings. The highest BCUT2D eigenvalue weighted by molar-refractivity contribution is 8.14. The number of hydrazine groups is 1. The molecule has 0 aromatic heterocycles. The quantitative estimate of drug-likeness (QED) is 0.371. The fourth-order valence-electron chi connectivity index (χ4n) is 4.37. The first-order valence-electron chi connectivity index (χ1n) is 10.4. The van der Waals surface area contributed by atoms with E-state index in [0.717, 1.165) is 25.2 Å². The van der Waals surface area contributed by atoms with Crippen molar-refractivity contribution in [2.45, 2.75) is 29.8 Å². The first-order valence-corrected chi connectivity index (χ1v) is 13.0. The lowest BCUT2D eigenvalue weighted by atomic mass is 9.97. The molecular formula is C20H23F3N6O2S2. The maximum absolute atomic E-state index is 15.4. The van der Waals surface area contributed by atoms with Crippen molar-refractivity contribution in [2.75, 3.05) is 29.1 Å². The van der Waals surface area contributed by atoms with E-state index in [1.807, 2.05) is 0 Å². The fraction of sp³-hybridized carbons (Fsp3) is 0.400. The third-order valence-electron chi connectivity index (χ3n) is 6.03. The van der Waals surface area contributed by atoms with Crippen molar-refractivity contribution in [3.05, 3.63) is 47.3 Å². The molecule has 5 rings (SSSR count). The van der Waals surface area contributed by atoms with E-state index in [2.05, 4.69) is 31.5 Å². The predicted octanol–water partition coefficient (Wildman–Crippen LogP) is 2.01. The summed E-state index contributed by atoms with van der Waals surface area (Å²) in [6.45, 7) is 3.25. The molecule has 8 nitrogen and oxygen atoms in total. The van der Waals surface area contributed by atoms with Gasteiger partial charge in [0.25, 0.3) is 0 Å². The van der Waals surface area contributed by atoms with Gasteiger partial charge in [-0.1, -0.05) is 12.1 Å². The Morgan fingerprint density at radius 2 is 1.79 bits per heavy atom. The topological polar surface area (TPSA) is 106 Å². The summed E-state index contributed by atoms with van der Waals surface area (Å²) >= 11 is 1.17. The molecule has 2 saturated heterocycles. The first kappa shape index (κ1) is 22.7. The second-order valence-electron chi connectivity index (χ2n) is 8.13. The van der Waals surface area contributed by atoms with E-state index < -0.39 is 43.3 Å². The minimum absolute atomic E-state index is 0.0973. The van der Waals surface area contributed by atoms with Gasteiger partial charge in [-0.25, -0.2) is 27.0 Å². The number of sulfonamides is 1. The van der Waals surface area contributed by atoms with Gasteiger partial charge in [0.2, 0.25) is 10.0 Å². The predicted molar refractivity (Wildman–Crippen MR) is 122 cm³/mol. The number of thioether (sulfide) groups is 1. The number of hydrogen-bond donors (Lipinski definition) is 6. The van der Waals surface area contributed by atoms with E-state index in [1.54, 1.807) is 13.0 Å². The van der Waals surface area contributed by atoms with E-state index in [0.29, 0.717) is 11.4 Å². The molecule has 0 radical (unpaired) electrons. The van der Waals surface area contributed by atoms with Crippen LogP contribution in [0.15, 0.2) is 24.3 Å². The molecule has 33 heavy (non-hydrogen) atoms. The molecule has 0 aliphatic carbocycles. The molecule has 2 aromatic rings. The molecule has 3 aliphatic heterocycles. The van der Waals surface area contributed by atoms with Crippen LogP contribution in [0.5, 0.6) is 0 Å². The summed E-state index contributed by atoms with van der Waals surface area (Å²) < 4.78 is 72.4. The van der Waals surface area contributed by atoms with Crippen molar-refractivity contribution >= 4 is 33.2 Å². The van der Waals surface area contributed by atoms with E-state index in [-0.39, 0.29) is 29.5 Å². The molecule has 0 bridgehead atoms. The van der Waals surface area contributed by atoms with Gasteiger partial charge in [0, 0.05) is 36.1 Å². The molecule has 0 spiro atoms. The van der Waals surface area contributed by atoms with Crippen molar-refractivity contribution in [3.8, 4) is 11.1 Å². The summed E-state index contributed by atoms with van der Waals surface area (Å²) in [5, 5.41) is 9.50. The molecule has 3 unspecified atom stereocenters. The monoisotopic (exact) mass is 500 g/mol. The van der Waals surface area contributed by atoms with Crippen LogP contribution in [-0.4, -0.2) is 44.2 Å². The fourth-order valence-corrected chi connectivity index (χ4v) is 7.56. The largest absolute Gasteiger partial charge is 0.318 e. The average molecular weight is 501 g/mol. The van der Waals surface area contributed by atoms with Crippen molar-refractivity contribution < 1.29 is 21.6 Å². The molecule has 13 heteroatoms. The Balaban J connectivity index is 1.50. The maximum Gasteiger partial charge on any atom is 0.246 e. The second-order valence-corrected chi connectivity index (χ2v) is 11.4. The van der Waals surface area contributed by atoms with Gasteiger partial charge in [-0.3, -0.25) is 15.4 Å². The van der Waals surface area contributed by atoms with Crippen LogP contribution in [-0.2, 0) is 10.0 Å². The summed E-state index contributed by atoms with van der Waals surface area (Å²) in [6, 6.07) is 4.21. The number of benzene rings is 2. The average Bonchev–Trinajstić information content (AvgIpc) is 3.52. The van der Waals surface area contributed by atoms with E-state index in [9.17, 15) is 12.8 Å². The Kier molecular flexibility index (Phi) is 5.95. The molecular weight excluding hydrogens is 477 g/mol. The number of nitrogens with one attached hydrogen (secondary N) is 6. The maximum atomic E-state index is 15.4. The minimum Gasteiger partial charge on any atom is -0.318 e. The van der Waals surface area contributed by atoms with E-state index in [1.165, 1.54) is 17.8 Å². The van der Waals surface area contributed by atoms with Crippen LogP contribution in [0.3, 0.4) is 0 Å². The van der Waals surface area contributed by atoms with Gasteiger partial charge in [0.05, 0.1) is 29.1 Å². The highest BCUT2D eigenvalue weighted by atomic mass is 32.3. The summed E-state index contributed by atoms with van der Waals surface area (Å²) in [6.07, 6.45) is -0.124. The van der Waals surface area contributed by atoms with Gasteiger partial charge < -0.3 is 10.7 Å². The van der Waals surface area contributed by atoms with Crippen LogP contribution in [0, 0.1) is 17.5 Å². The van der Waals surface area contributed by atoms with Crippen LogP contribution in [0.2, 0.25) is 0 Å². The number of fused-ring (bicyclic) bond motifs is 1. The number of anilines is 2. The number of hydrogen-bond acceptors (Lipinski definition) is 8. The lowest BCUT2D eigenvalue weighted by Gasteiger charge is -2.20. The van der Waals surface area contributed by atoms with Gasteiger partial charge in [-0.05, 0) is 19.1 Å². The smallest absolute Gasteiger partial charge is 0.246 e. The standard InChI is InChI=1S/C20H23F3N6O2S2/c1-9-20(32-8-26-9)33(30,31)29-13-5-4-12(21)14(16(13)23)10-2-3-11-17(15(10)22)27-28-18(11)19-24-6-7-25-19/h2-5,9,18-20,24-29H,6-8H2,1H3. The first-order chi connectivity index (χ1) is 15.8. The molecule has 2 fully saturated rings. The third-order valence-corrected chi connectivity index (χ3v) is 9.79. The summed E-state index contributed by atoms with van der Waals surface area (Å²) in [4.78, 5) is 0. The molecule has 178 valence electrons.